The van der Waals surface area contributed by atoms with E-state index in [1.807, 2.05) is 48.9 Å². The van der Waals surface area contributed by atoms with Gasteiger partial charge in [-0.2, -0.15) is 0 Å². The number of rotatable bonds is 8. The van der Waals surface area contributed by atoms with E-state index in [4.69, 9.17) is 35.3 Å². The summed E-state index contributed by atoms with van der Waals surface area (Å²) in [5, 5.41) is 9.45. The maximum atomic E-state index is 5.95. The Bertz CT molecular complexity index is 2980. The first kappa shape index (κ1) is 43.5. The Labute approximate surface area is 378 Å². The van der Waals surface area contributed by atoms with Crippen molar-refractivity contribution in [2.45, 2.75) is 39.8 Å². The third-order valence-electron chi connectivity index (χ3n) is 11.4. The van der Waals surface area contributed by atoms with Crippen LogP contribution in [-0.2, 0) is 30.8 Å². The number of aryl methyl sites for hydroxylation is 2. The van der Waals surface area contributed by atoms with E-state index in [0.29, 0.717) is 0 Å². The van der Waals surface area contributed by atoms with Gasteiger partial charge in [0.25, 0.3) is 0 Å². The van der Waals surface area contributed by atoms with E-state index < -0.39 is 18.0 Å². The molecule has 4 nitrogen and oxygen atoms in total. The van der Waals surface area contributed by atoms with Crippen LogP contribution in [0, 0.1) is 0 Å². The van der Waals surface area contributed by atoms with Crippen LogP contribution in [0.15, 0.2) is 167 Å². The van der Waals surface area contributed by atoms with Gasteiger partial charge in [0.05, 0.1) is 38.3 Å². The Morgan fingerprint density at radius 3 is 1.31 bits per heavy atom. The molecule has 0 aliphatic heterocycles. The van der Waals surface area contributed by atoms with Crippen LogP contribution in [0.25, 0.3) is 88.0 Å². The standard InChI is InChI=1S/2C26H21O2.C2H6Si.2ClH.Zr/c2*1-3-17-12-13-18-14-20(26-21-9-5-4-8-19(21)16-28-26)15-23(18)25(17)22-10-6-7-11-24(22)27-2;1-3-2;;;/h2*4-16H,3H2,1-2H3;1-2H3;2*1H;/q2*-1;;;;+2/p-2. The number of benzene rings is 6. The van der Waals surface area contributed by atoms with Gasteiger partial charge in [-0.3, -0.25) is 0 Å². The second-order valence-corrected chi connectivity index (χ2v) is 38.3. The molecule has 0 fully saturated rings. The van der Waals surface area contributed by atoms with Gasteiger partial charge in [0.15, 0.2) is 0 Å². The molecule has 0 saturated heterocycles. The number of hydrogen-bond donors (Lipinski definition) is 0. The summed E-state index contributed by atoms with van der Waals surface area (Å²) in [5.41, 5.74) is 9.40. The van der Waals surface area contributed by atoms with Crippen molar-refractivity contribution in [3.63, 3.8) is 0 Å². The summed E-state index contributed by atoms with van der Waals surface area (Å²) in [6.07, 6.45) is 5.60. The van der Waals surface area contributed by atoms with Crippen molar-refractivity contribution in [1.82, 2.24) is 0 Å². The van der Waals surface area contributed by atoms with Crippen molar-refractivity contribution >= 4 is 65.5 Å². The molecule has 10 aromatic rings. The molecule has 0 aliphatic carbocycles. The van der Waals surface area contributed by atoms with Crippen LogP contribution in [0.1, 0.15) is 25.0 Å². The van der Waals surface area contributed by atoms with E-state index >= 15 is 0 Å². The molecular formula is C54H48Cl2O4SiZr-2. The second kappa shape index (κ2) is 19.5. The molecule has 2 aromatic heterocycles. The molecule has 8 heteroatoms. The number of para-hydroxylation sites is 2. The molecular weight excluding hydrogens is 903 g/mol. The van der Waals surface area contributed by atoms with E-state index in [1.54, 1.807) is 14.2 Å². The third-order valence-corrected chi connectivity index (χ3v) is 31.1. The zero-order valence-electron chi connectivity index (χ0n) is 35.8. The molecule has 0 aliphatic rings. The van der Waals surface area contributed by atoms with Crippen molar-refractivity contribution in [3.8, 4) is 56.4 Å². The van der Waals surface area contributed by atoms with Gasteiger partial charge < -0.3 is 18.3 Å². The van der Waals surface area contributed by atoms with Crippen LogP contribution in [-0.4, -0.2) is 19.7 Å². The fourth-order valence-corrected chi connectivity index (χ4v) is 8.28. The number of halogens is 2. The molecule has 10 rings (SSSR count). The van der Waals surface area contributed by atoms with Gasteiger partial charge in [0, 0.05) is 21.9 Å². The predicted octanol–water partition coefficient (Wildman–Crippen LogP) is 16.6. The summed E-state index contributed by atoms with van der Waals surface area (Å²) in [7, 11) is 14.7. The molecule has 312 valence electrons. The summed E-state index contributed by atoms with van der Waals surface area (Å²) in [6.45, 7) is 8.73. The molecule has 8 aromatic carbocycles. The van der Waals surface area contributed by atoms with E-state index in [-0.39, 0.29) is 5.43 Å². The third kappa shape index (κ3) is 8.76. The predicted molar refractivity (Wildman–Crippen MR) is 261 cm³/mol. The van der Waals surface area contributed by atoms with Crippen LogP contribution >= 0.6 is 17.0 Å². The minimum absolute atomic E-state index is 0.224. The molecule has 0 N–H and O–H groups in total. The first-order chi connectivity index (χ1) is 30.2. The molecule has 0 atom stereocenters. The van der Waals surface area contributed by atoms with Crippen LogP contribution in [0.2, 0.25) is 13.1 Å². The average Bonchev–Trinajstić information content (AvgIpc) is 4.13. The Hall–Kier alpha value is -5.10. The van der Waals surface area contributed by atoms with Crippen molar-refractivity contribution < 1.29 is 36.3 Å². The number of methoxy groups -OCH3 is 2. The van der Waals surface area contributed by atoms with Crippen LogP contribution in [0.3, 0.4) is 0 Å². The van der Waals surface area contributed by atoms with E-state index in [2.05, 4.69) is 136 Å². The first-order valence-electron chi connectivity index (χ1n) is 20.9. The number of ether oxygens (including phenoxy) is 2. The molecule has 0 bridgehead atoms. The maximum absolute atomic E-state index is 5.95. The topological polar surface area (TPSA) is 44.7 Å². The summed E-state index contributed by atoms with van der Waals surface area (Å²) in [4.78, 5) is 0. The Balaban J connectivity index is 0.000000151. The Kier molecular flexibility index (Phi) is 13.7. The van der Waals surface area contributed by atoms with Gasteiger partial charge in [0.2, 0.25) is 0 Å². The van der Waals surface area contributed by atoms with Gasteiger partial charge in [-0.15, -0.1) is 57.9 Å². The van der Waals surface area contributed by atoms with Gasteiger partial charge >= 0.3 is 53.5 Å². The molecule has 2 heterocycles. The summed E-state index contributed by atoms with van der Waals surface area (Å²) < 4.78 is 23.2. The van der Waals surface area contributed by atoms with Crippen LogP contribution in [0.5, 0.6) is 11.5 Å². The number of fused-ring (bicyclic) bond motifs is 4. The molecule has 0 amide bonds. The van der Waals surface area contributed by atoms with E-state index in [1.165, 1.54) is 43.8 Å². The molecule has 0 radical (unpaired) electrons. The molecule has 0 unspecified atom stereocenters. The van der Waals surface area contributed by atoms with Crippen molar-refractivity contribution in [3.05, 3.63) is 169 Å². The summed E-state index contributed by atoms with van der Waals surface area (Å²) >= 11 is -1.65. The fourth-order valence-electron chi connectivity index (χ4n) is 8.28. The van der Waals surface area contributed by atoms with Crippen molar-refractivity contribution in [2.24, 2.45) is 0 Å². The molecule has 62 heavy (non-hydrogen) atoms. The van der Waals surface area contributed by atoms with Gasteiger partial charge in [0.1, 0.15) is 11.5 Å². The van der Waals surface area contributed by atoms with Gasteiger partial charge in [-0.05, 0) is 46.9 Å². The average molecular weight is 951 g/mol. The zero-order valence-corrected chi connectivity index (χ0v) is 40.8. The van der Waals surface area contributed by atoms with Gasteiger partial charge in [-0.25, -0.2) is 0 Å². The molecule has 0 spiro atoms. The normalized spacial score (nSPS) is 11.0. The molecule has 0 saturated carbocycles. The first-order valence-corrected chi connectivity index (χ1v) is 33.4. The van der Waals surface area contributed by atoms with Crippen molar-refractivity contribution in [2.75, 3.05) is 14.2 Å². The van der Waals surface area contributed by atoms with Gasteiger partial charge in [-0.1, -0.05) is 133 Å². The van der Waals surface area contributed by atoms with Crippen LogP contribution in [0.4, 0.5) is 0 Å². The summed E-state index contributed by atoms with van der Waals surface area (Å²) in [5.74, 6) is 3.65. The quantitative estimate of drug-likeness (QED) is 0.112. The number of hydrogen-bond acceptors (Lipinski definition) is 4. The number of furan rings is 2. The zero-order chi connectivity index (χ0) is 43.3. The minimum atomic E-state index is -1.65. The Morgan fingerprint density at radius 1 is 0.532 bits per heavy atom. The SMILES string of the molecule is CCc1ccc2[cH-]c(-c3occ4ccccc34)cc2c1-c1ccccc1OC.CCc1ccc2[cH-]c(-c3occ4ccccc34)cc2c1-c1ccccc1OC.C[Si](C)=[Zr]([Cl])[Cl]. The van der Waals surface area contributed by atoms with E-state index in [0.717, 1.165) is 79.7 Å². The fraction of sp³-hybridized carbons (Fsp3) is 0.148. The van der Waals surface area contributed by atoms with Crippen molar-refractivity contribution in [1.29, 1.82) is 0 Å². The monoisotopic (exact) mass is 948 g/mol. The second-order valence-electron chi connectivity index (χ2n) is 15.4. The summed E-state index contributed by atoms with van der Waals surface area (Å²) in [6, 6.07) is 50.9. The Morgan fingerprint density at radius 2 is 0.919 bits per heavy atom. The van der Waals surface area contributed by atoms with Crippen LogP contribution < -0.4 is 9.47 Å². The van der Waals surface area contributed by atoms with E-state index in [9.17, 15) is 0 Å².